The number of aromatic nitrogens is 1. The summed E-state index contributed by atoms with van der Waals surface area (Å²) in [6, 6.07) is 4.88. The lowest BCUT2D eigenvalue weighted by Crippen LogP contribution is -2.63. The van der Waals surface area contributed by atoms with Crippen LogP contribution in [0, 0.1) is 0 Å². The molecule has 1 unspecified atom stereocenters. The van der Waals surface area contributed by atoms with Gasteiger partial charge in [0.2, 0.25) is 0 Å². The SMILES string of the molecule is COc1cc2c3c(c4c(c(OC(=O)CCl)c3c1OC)C(=O)C1(CCc3cc5cc(C=O)[nH]c(=O)c5c(OC)c31)C4=O)O[Si](C(C)(C)C)(C(C)(C)C)O2. The molecule has 2 heterocycles. The highest BCUT2D eigenvalue weighted by atomic mass is 35.5. The van der Waals surface area contributed by atoms with Gasteiger partial charge in [0.1, 0.15) is 28.5 Å². The summed E-state index contributed by atoms with van der Waals surface area (Å²) in [5.74, 6) is -2.15. The Morgan fingerprint density at radius 1 is 0.885 bits per heavy atom. The molecule has 1 N–H and O–H groups in total. The van der Waals surface area contributed by atoms with Crippen molar-refractivity contribution in [2.24, 2.45) is 0 Å². The second-order valence-corrected chi connectivity index (χ2v) is 20.2. The predicted molar refractivity (Wildman–Crippen MR) is 195 cm³/mol. The van der Waals surface area contributed by atoms with Gasteiger partial charge in [-0.2, -0.15) is 0 Å². The van der Waals surface area contributed by atoms with Gasteiger partial charge in [0.15, 0.2) is 35.1 Å². The van der Waals surface area contributed by atoms with E-state index < -0.39 is 53.0 Å². The van der Waals surface area contributed by atoms with E-state index in [1.807, 2.05) is 41.5 Å². The van der Waals surface area contributed by atoms with Crippen molar-refractivity contribution in [1.29, 1.82) is 0 Å². The zero-order chi connectivity index (χ0) is 37.9. The van der Waals surface area contributed by atoms with E-state index in [2.05, 4.69) is 4.98 Å². The van der Waals surface area contributed by atoms with Crippen LogP contribution in [0.4, 0.5) is 0 Å². The van der Waals surface area contributed by atoms with Crippen LogP contribution in [-0.4, -0.2) is 64.6 Å². The number of aryl methyl sites for hydroxylation is 1. The van der Waals surface area contributed by atoms with Gasteiger partial charge in [-0.3, -0.25) is 24.0 Å². The van der Waals surface area contributed by atoms with Gasteiger partial charge in [0.25, 0.3) is 5.56 Å². The summed E-state index contributed by atoms with van der Waals surface area (Å²) in [7, 11) is 0.696. The number of carbonyl (C=O) groups excluding carboxylic acids is 4. The normalized spacial score (nSPS) is 18.6. The van der Waals surface area contributed by atoms with Gasteiger partial charge in [-0.05, 0) is 29.9 Å². The topological polar surface area (TPSA) is 157 Å². The van der Waals surface area contributed by atoms with Crippen LogP contribution in [0.15, 0.2) is 23.0 Å². The Balaban J connectivity index is 1.66. The molecule has 3 aliphatic rings. The van der Waals surface area contributed by atoms with Crippen molar-refractivity contribution in [3.63, 3.8) is 0 Å². The number of aromatic amines is 1. The van der Waals surface area contributed by atoms with E-state index in [1.165, 1.54) is 27.4 Å². The first kappa shape index (κ1) is 35.5. The Kier molecular flexibility index (Phi) is 7.90. The fraction of sp³-hybridized carbons (Fsp3) is 0.395. The van der Waals surface area contributed by atoms with Crippen molar-refractivity contribution >= 4 is 65.5 Å². The third-order valence-corrected chi connectivity index (χ3v) is 15.7. The largest absolute Gasteiger partial charge is 0.510 e. The lowest BCUT2D eigenvalue weighted by atomic mass is 9.76. The van der Waals surface area contributed by atoms with Crippen LogP contribution in [-0.2, 0) is 16.6 Å². The second-order valence-electron chi connectivity index (χ2n) is 15.3. The summed E-state index contributed by atoms with van der Waals surface area (Å²) in [6.07, 6.45) is 0.808. The van der Waals surface area contributed by atoms with Gasteiger partial charge in [-0.15, -0.1) is 11.6 Å². The molecule has 52 heavy (non-hydrogen) atoms. The van der Waals surface area contributed by atoms with Crippen LogP contribution in [0.2, 0.25) is 10.1 Å². The number of H-pyrrole nitrogens is 1. The highest BCUT2D eigenvalue weighted by molar-refractivity contribution is 6.75. The molecule has 14 heteroatoms. The van der Waals surface area contributed by atoms with Crippen LogP contribution in [0.1, 0.15) is 90.3 Å². The van der Waals surface area contributed by atoms with E-state index in [1.54, 1.807) is 12.1 Å². The monoisotopic (exact) mass is 747 g/mol. The van der Waals surface area contributed by atoms with Crippen molar-refractivity contribution < 1.29 is 47.0 Å². The smallest absolute Gasteiger partial charge is 0.471 e. The van der Waals surface area contributed by atoms with E-state index in [9.17, 15) is 14.4 Å². The number of esters is 1. The Hall–Kier alpha value is -4.88. The van der Waals surface area contributed by atoms with Crippen molar-refractivity contribution in [2.45, 2.75) is 69.9 Å². The maximum absolute atomic E-state index is 15.5. The standard InChI is InChI=1S/C38H38ClNO11Si/c1-36(2,3)52(37(4,5)6)50-20-14-21(46-7)29(47-8)25-24(20)31(51-52)27-26(30(25)49-22(42)15-39)33(43)38(34(27)44)11-10-17-12-18-13-19(16-41)40-35(45)23(18)32(48-9)28(17)38/h12-14,16H,10-11,15H2,1-9H3,(H,40,45). The van der Waals surface area contributed by atoms with E-state index in [0.29, 0.717) is 23.0 Å². The van der Waals surface area contributed by atoms with Crippen LogP contribution in [0.25, 0.3) is 21.5 Å². The molecule has 0 fully saturated rings. The molecule has 3 aromatic carbocycles. The number of hydrogen-bond acceptors (Lipinski definition) is 11. The summed E-state index contributed by atoms with van der Waals surface area (Å²) in [5, 5.41) is -0.285. The van der Waals surface area contributed by atoms with Crippen molar-refractivity contribution in [3.05, 3.63) is 56.5 Å². The first-order chi connectivity index (χ1) is 24.5. The van der Waals surface area contributed by atoms with Crippen LogP contribution in [0.3, 0.4) is 0 Å². The molecule has 0 saturated heterocycles. The molecule has 1 aromatic heterocycles. The number of fused-ring (bicyclic) bond motifs is 5. The molecular weight excluding hydrogens is 710 g/mol. The maximum atomic E-state index is 15.5. The number of benzene rings is 3. The molecule has 4 aromatic rings. The average molecular weight is 748 g/mol. The third kappa shape index (κ3) is 4.41. The van der Waals surface area contributed by atoms with E-state index in [0.717, 1.165) is 0 Å². The highest BCUT2D eigenvalue weighted by Gasteiger charge is 2.67. The molecule has 1 aliphatic heterocycles. The van der Waals surface area contributed by atoms with E-state index in [4.69, 9.17) is 39.4 Å². The number of Topliss-reactive ketones (excluding diaryl/α,β-unsaturated/α-hetero) is 2. The van der Waals surface area contributed by atoms with Gasteiger partial charge < -0.3 is 32.8 Å². The zero-order valence-electron chi connectivity index (χ0n) is 30.3. The molecule has 0 bridgehead atoms. The van der Waals surface area contributed by atoms with Crippen molar-refractivity contribution in [3.8, 4) is 34.5 Å². The Morgan fingerprint density at radius 2 is 1.54 bits per heavy atom. The Bertz CT molecular complexity index is 2350. The van der Waals surface area contributed by atoms with Gasteiger partial charge in [0.05, 0.1) is 54.3 Å². The number of rotatable bonds is 6. The minimum Gasteiger partial charge on any atom is -0.510 e. The molecule has 7 rings (SSSR count). The fourth-order valence-electron chi connectivity index (χ4n) is 8.65. The van der Waals surface area contributed by atoms with Crippen molar-refractivity contribution in [1.82, 2.24) is 4.98 Å². The number of nitrogens with one attached hydrogen (secondary N) is 1. The lowest BCUT2D eigenvalue weighted by Gasteiger charge is -2.50. The molecule has 1 spiro atoms. The number of carbonyl (C=O) groups is 4. The van der Waals surface area contributed by atoms with Gasteiger partial charge >= 0.3 is 14.5 Å². The fourth-order valence-corrected chi connectivity index (χ4v) is 13.2. The third-order valence-electron chi connectivity index (χ3n) is 10.5. The molecule has 2 aliphatic carbocycles. The molecule has 0 amide bonds. The summed E-state index contributed by atoms with van der Waals surface area (Å²) >= 11 is 5.96. The first-order valence-electron chi connectivity index (χ1n) is 16.7. The minimum atomic E-state index is -3.51. The van der Waals surface area contributed by atoms with Gasteiger partial charge in [-0.25, -0.2) is 0 Å². The number of hydrogen-bond donors (Lipinski definition) is 1. The zero-order valence-corrected chi connectivity index (χ0v) is 32.1. The first-order valence-corrected chi connectivity index (χ1v) is 19.1. The number of ether oxygens (including phenoxy) is 4. The number of ketones is 2. The van der Waals surface area contributed by atoms with Gasteiger partial charge in [0, 0.05) is 21.7 Å². The van der Waals surface area contributed by atoms with Crippen molar-refractivity contribution in [2.75, 3.05) is 27.2 Å². The Labute approximate surface area is 304 Å². The predicted octanol–water partition coefficient (Wildman–Crippen LogP) is 6.74. The minimum absolute atomic E-state index is 0.0173. The number of pyridine rings is 1. The molecule has 1 atom stereocenters. The summed E-state index contributed by atoms with van der Waals surface area (Å²) in [4.78, 5) is 71.6. The number of aldehydes is 1. The number of halogens is 1. The lowest BCUT2D eigenvalue weighted by molar-refractivity contribution is -0.131. The molecular formula is C38H38ClNO11Si. The summed E-state index contributed by atoms with van der Waals surface area (Å²) in [6.45, 7) is 12.1. The Morgan fingerprint density at radius 3 is 2.12 bits per heavy atom. The molecule has 0 radical (unpaired) electrons. The number of methoxy groups -OCH3 is 3. The van der Waals surface area contributed by atoms with Gasteiger partial charge in [-0.1, -0.05) is 47.6 Å². The van der Waals surface area contributed by atoms with Crippen LogP contribution >= 0.6 is 11.6 Å². The molecule has 272 valence electrons. The average Bonchev–Trinajstić information content (AvgIpc) is 3.58. The van der Waals surface area contributed by atoms with E-state index in [-0.39, 0.29) is 80.1 Å². The summed E-state index contributed by atoms with van der Waals surface area (Å²) < 4.78 is 37.6. The quantitative estimate of drug-likeness (QED) is 0.0557. The molecule has 12 nitrogen and oxygen atoms in total. The van der Waals surface area contributed by atoms with Crippen LogP contribution < -0.4 is 33.4 Å². The summed E-state index contributed by atoms with van der Waals surface area (Å²) in [5.41, 5.74) is -1.88. The maximum Gasteiger partial charge on any atom is 0.471 e. The number of alkyl halides is 1. The van der Waals surface area contributed by atoms with Crippen LogP contribution in [0.5, 0.6) is 34.5 Å². The molecule has 0 saturated carbocycles. The second kappa shape index (κ2) is 11.6. The highest BCUT2D eigenvalue weighted by Crippen LogP contribution is 2.65. The van der Waals surface area contributed by atoms with E-state index >= 15 is 9.59 Å².